The topological polar surface area (TPSA) is 61.4 Å². The van der Waals surface area contributed by atoms with Gasteiger partial charge in [0.1, 0.15) is 7.05 Å². The fourth-order valence-electron chi connectivity index (χ4n) is 6.49. The molecule has 228 valence electrons. The summed E-state index contributed by atoms with van der Waals surface area (Å²) in [5, 5.41) is 3.01. The number of nitrogens with zero attached hydrogens (tertiary/aromatic N) is 2. The summed E-state index contributed by atoms with van der Waals surface area (Å²) < 4.78 is 2.30. The quantitative estimate of drug-likeness (QED) is 0.139. The van der Waals surface area contributed by atoms with Crippen molar-refractivity contribution in [3.63, 3.8) is 0 Å². The number of carbonyl (C=O) groups excluding carboxylic acids is 1. The lowest BCUT2D eigenvalue weighted by molar-refractivity contribution is -0.401. The summed E-state index contributed by atoms with van der Waals surface area (Å²) in [6, 6.07) is 17.4. The number of fused-ring (bicyclic) bond motifs is 2. The molecule has 2 aliphatic rings. The third-order valence-electron chi connectivity index (χ3n) is 8.93. The Kier molecular flexibility index (Phi) is 11.0. The molecule has 0 aromatic heterocycles. The summed E-state index contributed by atoms with van der Waals surface area (Å²) >= 11 is 0. The molecule has 0 fully saturated rings. The second-order valence-electron chi connectivity index (χ2n) is 12.7. The fourth-order valence-corrected chi connectivity index (χ4v) is 6.49. The molecule has 2 aromatic rings. The van der Waals surface area contributed by atoms with E-state index in [4.69, 9.17) is 5.73 Å². The van der Waals surface area contributed by atoms with E-state index in [1.165, 1.54) is 33.9 Å². The third kappa shape index (κ3) is 7.45. The zero-order valence-corrected chi connectivity index (χ0v) is 26.9. The fraction of sp³-hybridized carbons (Fsp3) is 0.421. The number of anilines is 1. The maximum Gasteiger partial charge on any atom is 0.219 e. The van der Waals surface area contributed by atoms with Crippen LogP contribution in [-0.4, -0.2) is 42.9 Å². The van der Waals surface area contributed by atoms with Crippen molar-refractivity contribution in [3.8, 4) is 0 Å². The molecule has 0 atom stereocenters. The van der Waals surface area contributed by atoms with Crippen LogP contribution in [0.15, 0.2) is 96.8 Å². The summed E-state index contributed by atoms with van der Waals surface area (Å²) in [7, 11) is 2.15. The predicted octanol–water partition coefficient (Wildman–Crippen LogP) is 7.46. The van der Waals surface area contributed by atoms with Crippen molar-refractivity contribution < 1.29 is 9.37 Å². The molecular formula is C38H51N4O+. The average Bonchev–Trinajstić information content (AvgIpc) is 3.33. The van der Waals surface area contributed by atoms with Gasteiger partial charge in [0.15, 0.2) is 5.71 Å². The van der Waals surface area contributed by atoms with Gasteiger partial charge in [-0.3, -0.25) is 4.79 Å². The molecule has 0 radical (unpaired) electrons. The number of allylic oxidation sites excluding steroid dienone is 8. The van der Waals surface area contributed by atoms with Crippen LogP contribution in [0.25, 0.3) is 0 Å². The number of nitrogens with two attached hydrogens (primary N) is 1. The van der Waals surface area contributed by atoms with E-state index in [0.717, 1.165) is 45.2 Å². The van der Waals surface area contributed by atoms with Crippen molar-refractivity contribution in [2.24, 2.45) is 5.73 Å². The lowest BCUT2D eigenvalue weighted by Crippen LogP contribution is -2.27. The van der Waals surface area contributed by atoms with Gasteiger partial charge in [0.25, 0.3) is 0 Å². The monoisotopic (exact) mass is 579 g/mol. The molecule has 2 aliphatic heterocycles. The second kappa shape index (κ2) is 14.7. The zero-order chi connectivity index (χ0) is 30.9. The molecule has 0 spiro atoms. The van der Waals surface area contributed by atoms with Gasteiger partial charge in [0.2, 0.25) is 11.6 Å². The van der Waals surface area contributed by atoms with Gasteiger partial charge >= 0.3 is 0 Å². The van der Waals surface area contributed by atoms with Crippen molar-refractivity contribution in [2.45, 2.75) is 77.0 Å². The Balaban J connectivity index is 1.35. The van der Waals surface area contributed by atoms with Crippen LogP contribution in [0.5, 0.6) is 0 Å². The van der Waals surface area contributed by atoms with E-state index in [1.807, 2.05) is 0 Å². The first-order valence-electron chi connectivity index (χ1n) is 16.0. The van der Waals surface area contributed by atoms with E-state index < -0.39 is 0 Å². The second-order valence-corrected chi connectivity index (χ2v) is 12.7. The summed E-state index contributed by atoms with van der Waals surface area (Å²) in [5.41, 5.74) is 13.4. The molecule has 43 heavy (non-hydrogen) atoms. The molecule has 0 aliphatic carbocycles. The van der Waals surface area contributed by atoms with Crippen LogP contribution in [0, 0.1) is 0 Å². The first kappa shape index (κ1) is 32.2. The number of unbranched alkanes of at least 4 members (excludes halogenated alkanes) is 3. The standard InChI is InChI=1S/C38H50N4O/c1-37(2)30-20-13-15-22-32(30)41(5)34(37)24-10-7-6-8-11-25-35-38(3,4)31-21-14-16-23-33(31)42(35)29-19-9-12-26-36(43)40-28-18-17-27-39/h6-8,10-11,13-16,20-25H,9,12,17-19,26-29,39H2,1-5H3/p+1. The number of hydrogen-bond acceptors (Lipinski definition) is 3. The third-order valence-corrected chi connectivity index (χ3v) is 8.93. The summed E-state index contributed by atoms with van der Waals surface area (Å²) in [4.78, 5) is 14.6. The van der Waals surface area contributed by atoms with Crippen LogP contribution in [0.4, 0.5) is 11.4 Å². The van der Waals surface area contributed by atoms with Crippen LogP contribution < -0.4 is 16.0 Å². The lowest BCUT2D eigenvalue weighted by atomic mass is 9.81. The lowest BCUT2D eigenvalue weighted by Gasteiger charge is -2.27. The highest BCUT2D eigenvalue weighted by Gasteiger charge is 2.42. The van der Waals surface area contributed by atoms with E-state index >= 15 is 0 Å². The first-order chi connectivity index (χ1) is 20.7. The molecule has 2 heterocycles. The molecule has 0 bridgehead atoms. The summed E-state index contributed by atoms with van der Waals surface area (Å²) in [6.07, 6.45) is 20.6. The molecule has 2 aromatic carbocycles. The Morgan fingerprint density at radius 2 is 1.53 bits per heavy atom. The van der Waals surface area contributed by atoms with Crippen molar-refractivity contribution in [1.29, 1.82) is 0 Å². The van der Waals surface area contributed by atoms with Crippen molar-refractivity contribution in [2.75, 3.05) is 31.6 Å². The Hall–Kier alpha value is -3.70. The number of nitrogens with one attached hydrogen (secondary N) is 1. The number of benzene rings is 2. The number of hydrogen-bond donors (Lipinski definition) is 2. The highest BCUT2D eigenvalue weighted by atomic mass is 16.1. The Morgan fingerprint density at radius 3 is 2.30 bits per heavy atom. The van der Waals surface area contributed by atoms with Crippen molar-refractivity contribution >= 4 is 23.0 Å². The van der Waals surface area contributed by atoms with Gasteiger partial charge < -0.3 is 16.0 Å². The highest BCUT2D eigenvalue weighted by molar-refractivity contribution is 6.03. The SMILES string of the molecule is C[N+]1=C(C=CC=CC=CC=C2N(CCCCCC(=O)NCCCCN)c3ccccc3C2(C)C)C(C)(C)c2ccccc21. The van der Waals surface area contributed by atoms with Gasteiger partial charge in [0, 0.05) is 54.0 Å². The Bertz CT molecular complexity index is 1420. The maximum atomic E-state index is 12.1. The van der Waals surface area contributed by atoms with Gasteiger partial charge in [-0.25, -0.2) is 0 Å². The van der Waals surface area contributed by atoms with Gasteiger partial charge in [-0.2, -0.15) is 4.58 Å². The van der Waals surface area contributed by atoms with E-state index in [1.54, 1.807) is 0 Å². The molecule has 5 nitrogen and oxygen atoms in total. The Labute approximate surface area is 259 Å². The smallest absolute Gasteiger partial charge is 0.219 e. The zero-order valence-electron chi connectivity index (χ0n) is 26.9. The van der Waals surface area contributed by atoms with E-state index in [0.29, 0.717) is 13.0 Å². The molecule has 0 unspecified atom stereocenters. The van der Waals surface area contributed by atoms with Crippen LogP contribution in [0.1, 0.15) is 77.3 Å². The normalized spacial score (nSPS) is 18.0. The minimum Gasteiger partial charge on any atom is -0.356 e. The number of carbonyl (C=O) groups is 1. The molecule has 0 saturated carbocycles. The van der Waals surface area contributed by atoms with Gasteiger partial charge in [-0.15, -0.1) is 0 Å². The molecule has 4 rings (SSSR count). The van der Waals surface area contributed by atoms with Crippen LogP contribution in [0.3, 0.4) is 0 Å². The van der Waals surface area contributed by atoms with E-state index in [9.17, 15) is 4.79 Å². The molecular weight excluding hydrogens is 528 g/mol. The number of rotatable bonds is 14. The summed E-state index contributed by atoms with van der Waals surface area (Å²) in [5.74, 6) is 0.154. The molecule has 3 N–H and O–H groups in total. The molecule has 0 saturated heterocycles. The van der Waals surface area contributed by atoms with Gasteiger partial charge in [0.05, 0.1) is 5.41 Å². The minimum atomic E-state index is -0.0712. The largest absolute Gasteiger partial charge is 0.356 e. The average molecular weight is 580 g/mol. The van der Waals surface area contributed by atoms with Crippen LogP contribution in [-0.2, 0) is 15.6 Å². The van der Waals surface area contributed by atoms with Crippen LogP contribution >= 0.6 is 0 Å². The predicted molar refractivity (Wildman–Crippen MR) is 182 cm³/mol. The molecule has 1 amide bonds. The highest BCUT2D eigenvalue weighted by Crippen LogP contribution is 2.47. The van der Waals surface area contributed by atoms with Crippen molar-refractivity contribution in [3.05, 3.63) is 108 Å². The number of amides is 1. The van der Waals surface area contributed by atoms with E-state index in [-0.39, 0.29) is 16.7 Å². The first-order valence-corrected chi connectivity index (χ1v) is 16.0. The molecule has 5 heteroatoms. The summed E-state index contributed by atoms with van der Waals surface area (Å²) in [6.45, 7) is 11.6. The van der Waals surface area contributed by atoms with Crippen LogP contribution in [0.2, 0.25) is 0 Å². The van der Waals surface area contributed by atoms with Gasteiger partial charge in [-0.05, 0) is 63.8 Å². The van der Waals surface area contributed by atoms with E-state index in [2.05, 4.69) is 141 Å². The van der Waals surface area contributed by atoms with Crippen molar-refractivity contribution in [1.82, 2.24) is 5.32 Å². The Morgan fingerprint density at radius 1 is 0.837 bits per heavy atom. The number of para-hydroxylation sites is 2. The maximum absolute atomic E-state index is 12.1. The minimum absolute atomic E-state index is 0.0146. The van der Waals surface area contributed by atoms with Gasteiger partial charge in [-0.1, -0.05) is 87.0 Å².